The molecule has 0 bridgehead atoms. The van der Waals surface area contributed by atoms with E-state index in [1.54, 1.807) is 42.5 Å². The molecule has 8 nitrogen and oxygen atoms in total. The molecule has 2 aliphatic rings. The zero-order valence-corrected chi connectivity index (χ0v) is 34.4. The maximum Gasteiger partial charge on any atom is 0.417 e. The van der Waals surface area contributed by atoms with Crippen molar-refractivity contribution in [3.63, 3.8) is 0 Å². The first-order valence-corrected chi connectivity index (χ1v) is 21.9. The molecule has 8 rings (SSSR count). The maximum absolute atomic E-state index is 13.1. The highest BCUT2D eigenvalue weighted by molar-refractivity contribution is 7.91. The summed E-state index contributed by atoms with van der Waals surface area (Å²) in [5, 5.41) is 2.06. The quantitative estimate of drug-likeness (QED) is 0.152. The topological polar surface area (TPSA) is 120 Å². The van der Waals surface area contributed by atoms with E-state index in [1.807, 2.05) is 0 Å². The Morgan fingerprint density at radius 2 is 1.10 bits per heavy atom. The Labute approximate surface area is 348 Å². The minimum Gasteiger partial charge on any atom is -0.256 e. The molecule has 59 heavy (non-hydrogen) atoms. The van der Waals surface area contributed by atoms with Crippen LogP contribution in [0.25, 0.3) is 44.1 Å². The Balaban J connectivity index is 0.000000179. The molecular weight excluding hydrogens is 885 g/mol. The molecule has 4 aromatic heterocycles. The molecule has 0 aliphatic heterocycles. The first-order chi connectivity index (χ1) is 27.6. The molecule has 2 aromatic carbocycles. The van der Waals surface area contributed by atoms with Gasteiger partial charge in [0.2, 0.25) is 0 Å². The van der Waals surface area contributed by atoms with Crippen molar-refractivity contribution in [2.45, 2.75) is 48.8 Å². The van der Waals surface area contributed by atoms with Gasteiger partial charge in [-0.25, -0.2) is 26.8 Å². The van der Waals surface area contributed by atoms with Gasteiger partial charge < -0.3 is 0 Å². The second-order valence-electron chi connectivity index (χ2n) is 13.5. The van der Waals surface area contributed by atoms with E-state index in [-0.39, 0.29) is 61.8 Å². The van der Waals surface area contributed by atoms with E-state index in [4.69, 9.17) is 34.8 Å². The van der Waals surface area contributed by atoms with E-state index < -0.39 is 43.2 Å². The van der Waals surface area contributed by atoms with Crippen LogP contribution in [-0.2, 0) is 44.9 Å². The number of fused-ring (bicyclic) bond motifs is 4. The molecule has 0 unspecified atom stereocenters. The first-order valence-electron chi connectivity index (χ1n) is 17.5. The molecule has 6 aromatic rings. The minimum atomic E-state index is -4.55. The van der Waals surface area contributed by atoms with Crippen molar-refractivity contribution in [1.29, 1.82) is 0 Å². The number of allylic oxidation sites excluding steroid dienone is 2. The summed E-state index contributed by atoms with van der Waals surface area (Å²) in [5.74, 6) is -0.313. The van der Waals surface area contributed by atoms with Gasteiger partial charge in [0.1, 0.15) is 0 Å². The monoisotopic (exact) mass is 910 g/mol. The fourth-order valence-corrected chi connectivity index (χ4v) is 9.46. The predicted molar refractivity (Wildman–Crippen MR) is 215 cm³/mol. The zero-order valence-electron chi connectivity index (χ0n) is 30.5. The number of pyridine rings is 4. The summed E-state index contributed by atoms with van der Waals surface area (Å²) in [5.41, 5.74) is 1.69. The van der Waals surface area contributed by atoms with Gasteiger partial charge in [0, 0.05) is 51.6 Å². The summed E-state index contributed by atoms with van der Waals surface area (Å²) in [7, 11) is -7.35. The number of hydrogen-bond donors (Lipinski definition) is 0. The van der Waals surface area contributed by atoms with Crippen LogP contribution >= 0.6 is 34.8 Å². The smallest absolute Gasteiger partial charge is 0.256 e. The molecule has 0 fully saturated rings. The summed E-state index contributed by atoms with van der Waals surface area (Å²) in [6.07, 6.45) is -5.86. The molecule has 0 spiro atoms. The fourth-order valence-electron chi connectivity index (χ4n) is 6.60. The molecule has 19 heteroatoms. The fraction of sp³-hybridized carbons (Fsp3) is 0.200. The van der Waals surface area contributed by atoms with Gasteiger partial charge in [-0.15, -0.1) is 0 Å². The van der Waals surface area contributed by atoms with Crippen molar-refractivity contribution in [2.75, 3.05) is 11.5 Å². The van der Waals surface area contributed by atoms with Crippen molar-refractivity contribution in [3.8, 4) is 0 Å². The van der Waals surface area contributed by atoms with E-state index in [0.29, 0.717) is 60.5 Å². The third-order valence-corrected chi connectivity index (χ3v) is 14.0. The number of hydrogen-bond acceptors (Lipinski definition) is 8. The number of nitrogens with zero attached hydrogens (tertiary/aromatic N) is 4. The van der Waals surface area contributed by atoms with Gasteiger partial charge in [-0.05, 0) is 83.4 Å². The lowest BCUT2D eigenvalue weighted by molar-refractivity contribution is -0.138. The van der Waals surface area contributed by atoms with E-state index in [1.165, 1.54) is 26.0 Å². The molecule has 0 radical (unpaired) electrons. The van der Waals surface area contributed by atoms with Crippen LogP contribution in [0.5, 0.6) is 0 Å². The van der Waals surface area contributed by atoms with Crippen molar-refractivity contribution in [2.24, 2.45) is 0 Å². The van der Waals surface area contributed by atoms with Crippen LogP contribution in [0.15, 0.2) is 82.8 Å². The second-order valence-corrected chi connectivity index (χ2v) is 19.2. The maximum atomic E-state index is 13.1. The first kappa shape index (κ1) is 42.5. The van der Waals surface area contributed by atoms with Gasteiger partial charge in [0.15, 0.2) is 19.7 Å². The molecule has 0 amide bonds. The third-order valence-electron chi connectivity index (χ3n) is 9.66. The molecule has 0 N–H and O–H groups in total. The van der Waals surface area contributed by atoms with Crippen LogP contribution in [-0.4, -0.2) is 48.3 Å². The van der Waals surface area contributed by atoms with Gasteiger partial charge in [-0.2, -0.15) is 26.3 Å². The normalized spacial score (nSPS) is 14.3. The SMILES string of the molecule is CCS(=O)(=O)c1cc2cc(Cl)ccc2nc1C1=C(Cl)c2ncc(C(F)(F)F)cc2C1.CCS(=O)(=O)c1cc2cc(Cl)ccc2nc1C1=Cc2ncc(C(F)(F)F)cc2C1. The lowest BCUT2D eigenvalue weighted by Gasteiger charge is -2.12. The van der Waals surface area contributed by atoms with Crippen molar-refractivity contribution in [3.05, 3.63) is 128 Å². The van der Waals surface area contributed by atoms with Crippen LogP contribution < -0.4 is 0 Å². The van der Waals surface area contributed by atoms with Gasteiger partial charge in [0.25, 0.3) is 0 Å². The second kappa shape index (κ2) is 15.4. The number of rotatable bonds is 6. The predicted octanol–water partition coefficient (Wildman–Crippen LogP) is 11.0. The van der Waals surface area contributed by atoms with E-state index in [0.717, 1.165) is 18.3 Å². The molecule has 306 valence electrons. The molecule has 4 heterocycles. The number of aromatic nitrogens is 4. The number of halogens is 9. The van der Waals surface area contributed by atoms with Gasteiger partial charge in [-0.1, -0.05) is 48.7 Å². The minimum absolute atomic E-state index is 0.0105. The third kappa shape index (κ3) is 8.42. The highest BCUT2D eigenvalue weighted by Gasteiger charge is 2.36. The summed E-state index contributed by atoms with van der Waals surface area (Å²) in [6.45, 7) is 3.02. The molecule has 0 saturated carbocycles. The van der Waals surface area contributed by atoms with Crippen LogP contribution in [0.2, 0.25) is 10.0 Å². The number of alkyl halides is 6. The Kier molecular flexibility index (Phi) is 11.1. The average Bonchev–Trinajstić information content (AvgIpc) is 3.76. The van der Waals surface area contributed by atoms with Crippen LogP contribution in [0, 0.1) is 0 Å². The van der Waals surface area contributed by atoms with Crippen molar-refractivity contribution >= 4 is 98.5 Å². The molecule has 0 saturated heterocycles. The highest BCUT2D eigenvalue weighted by Crippen LogP contribution is 2.44. The Hall–Kier alpha value is -4.61. The number of sulfone groups is 2. The Morgan fingerprint density at radius 1 is 0.610 bits per heavy atom. The summed E-state index contributed by atoms with van der Waals surface area (Å²) in [4.78, 5) is 16.7. The Morgan fingerprint density at radius 3 is 1.63 bits per heavy atom. The lowest BCUT2D eigenvalue weighted by atomic mass is 10.1. The average molecular weight is 912 g/mol. The van der Waals surface area contributed by atoms with E-state index in [9.17, 15) is 43.2 Å². The molecule has 2 aliphatic carbocycles. The van der Waals surface area contributed by atoms with Crippen molar-refractivity contribution in [1.82, 2.24) is 19.9 Å². The Bertz CT molecular complexity index is 3030. The largest absolute Gasteiger partial charge is 0.417 e. The van der Waals surface area contributed by atoms with Gasteiger partial charge >= 0.3 is 12.4 Å². The number of benzene rings is 2. The van der Waals surface area contributed by atoms with Gasteiger partial charge in [0.05, 0.1) is 71.3 Å². The molecule has 0 atom stereocenters. The summed E-state index contributed by atoms with van der Waals surface area (Å²) >= 11 is 18.5. The van der Waals surface area contributed by atoms with Crippen LogP contribution in [0.4, 0.5) is 26.3 Å². The standard InChI is InChI=1S/C20H13Cl2F3N2O2S.C20H14ClF3N2O2S/c1-2-30(28,29)16-8-10-6-13(21)3-4-15(10)27-19(16)14-7-11-5-12(20(23,24)25)9-26-18(11)17(14)22;1-2-29(27,28)18-9-12-7-15(21)3-4-16(12)26-19(18)13-5-11-6-14(20(22,23)24)10-25-17(11)8-13/h3-6,8-9H,2,7H2,1H3;3-4,6-10H,2,5H2,1H3. The zero-order chi connectivity index (χ0) is 42.8. The molecular formula is C40H27Cl3F6N4O4S2. The summed E-state index contributed by atoms with van der Waals surface area (Å²) in [6, 6.07) is 14.8. The van der Waals surface area contributed by atoms with Crippen molar-refractivity contribution < 1.29 is 43.2 Å². The van der Waals surface area contributed by atoms with E-state index >= 15 is 0 Å². The van der Waals surface area contributed by atoms with E-state index in [2.05, 4.69) is 19.9 Å². The lowest BCUT2D eigenvalue weighted by Crippen LogP contribution is -2.09. The van der Waals surface area contributed by atoms with Crippen LogP contribution in [0.1, 0.15) is 58.9 Å². The van der Waals surface area contributed by atoms with Crippen LogP contribution in [0.3, 0.4) is 0 Å². The summed E-state index contributed by atoms with van der Waals surface area (Å²) < 4.78 is 129. The van der Waals surface area contributed by atoms with Gasteiger partial charge in [-0.3, -0.25) is 9.97 Å². The highest BCUT2D eigenvalue weighted by atomic mass is 35.5.